The van der Waals surface area contributed by atoms with Gasteiger partial charge in [0.1, 0.15) is 0 Å². The summed E-state index contributed by atoms with van der Waals surface area (Å²) in [6.45, 7) is 2.32. The maximum absolute atomic E-state index is 4.55. The molecule has 3 rings (SSSR count). The zero-order chi connectivity index (χ0) is 9.60. The van der Waals surface area contributed by atoms with Crippen LogP contribution in [0.15, 0.2) is 12.3 Å². The van der Waals surface area contributed by atoms with E-state index in [0.717, 1.165) is 6.54 Å². The van der Waals surface area contributed by atoms with Crippen LogP contribution in [0.25, 0.3) is 0 Å². The lowest BCUT2D eigenvalue weighted by Gasteiger charge is -2.42. The molecule has 1 saturated heterocycles. The molecular formula is C11H17N3. The van der Waals surface area contributed by atoms with Crippen molar-refractivity contribution in [2.75, 3.05) is 13.1 Å². The highest BCUT2D eigenvalue weighted by molar-refractivity contribution is 5.18. The molecule has 1 aliphatic heterocycles. The molecule has 3 nitrogen and oxygen atoms in total. The number of aryl methyl sites for hydroxylation is 1. The van der Waals surface area contributed by atoms with Crippen LogP contribution < -0.4 is 5.32 Å². The Morgan fingerprint density at radius 3 is 3.00 bits per heavy atom. The Balaban J connectivity index is 1.90. The molecule has 76 valence electrons. The Kier molecular flexibility index (Phi) is 1.71. The van der Waals surface area contributed by atoms with Gasteiger partial charge in [0, 0.05) is 32.3 Å². The van der Waals surface area contributed by atoms with Gasteiger partial charge in [-0.05, 0) is 24.3 Å². The summed E-state index contributed by atoms with van der Waals surface area (Å²) in [6, 6.07) is 2.18. The van der Waals surface area contributed by atoms with Gasteiger partial charge in [-0.25, -0.2) is 0 Å². The van der Waals surface area contributed by atoms with Crippen molar-refractivity contribution in [3.8, 4) is 0 Å². The van der Waals surface area contributed by atoms with Crippen molar-refractivity contribution in [3.63, 3.8) is 0 Å². The molecule has 0 radical (unpaired) electrons. The zero-order valence-corrected chi connectivity index (χ0v) is 8.66. The van der Waals surface area contributed by atoms with Gasteiger partial charge in [-0.15, -0.1) is 0 Å². The monoisotopic (exact) mass is 191 g/mol. The number of hydrogen-bond acceptors (Lipinski definition) is 2. The Hall–Kier alpha value is -0.830. The molecule has 1 atom stereocenters. The van der Waals surface area contributed by atoms with Crippen LogP contribution in [-0.2, 0) is 7.05 Å². The maximum atomic E-state index is 4.55. The smallest absolute Gasteiger partial charge is 0.0674 e. The normalized spacial score (nSPS) is 29.4. The van der Waals surface area contributed by atoms with Crippen molar-refractivity contribution < 1.29 is 0 Å². The van der Waals surface area contributed by atoms with Crippen LogP contribution in [0.4, 0.5) is 0 Å². The van der Waals surface area contributed by atoms with Crippen LogP contribution in [0, 0.1) is 5.41 Å². The van der Waals surface area contributed by atoms with E-state index in [9.17, 15) is 0 Å². The molecule has 2 fully saturated rings. The number of nitrogens with zero attached hydrogens (tertiary/aromatic N) is 2. The van der Waals surface area contributed by atoms with Crippen molar-refractivity contribution in [3.05, 3.63) is 18.0 Å². The Morgan fingerprint density at radius 2 is 2.43 bits per heavy atom. The largest absolute Gasteiger partial charge is 0.315 e. The average Bonchev–Trinajstić information content (AvgIpc) is 2.67. The van der Waals surface area contributed by atoms with Gasteiger partial charge < -0.3 is 5.32 Å². The molecule has 2 aliphatic rings. The van der Waals surface area contributed by atoms with E-state index < -0.39 is 0 Å². The highest BCUT2D eigenvalue weighted by Gasteiger charge is 2.48. The number of aromatic nitrogens is 2. The lowest BCUT2D eigenvalue weighted by molar-refractivity contribution is 0.135. The van der Waals surface area contributed by atoms with Crippen molar-refractivity contribution >= 4 is 0 Å². The minimum Gasteiger partial charge on any atom is -0.315 e. The molecule has 3 heteroatoms. The highest BCUT2D eigenvalue weighted by Crippen LogP contribution is 2.52. The summed E-state index contributed by atoms with van der Waals surface area (Å²) in [5, 5.41) is 8.07. The first kappa shape index (κ1) is 8.48. The third-order valence-electron chi connectivity index (χ3n) is 4.01. The van der Waals surface area contributed by atoms with Crippen LogP contribution in [0.5, 0.6) is 0 Å². The van der Waals surface area contributed by atoms with Gasteiger partial charge in [0.05, 0.1) is 5.69 Å². The maximum Gasteiger partial charge on any atom is 0.0674 e. The topological polar surface area (TPSA) is 29.9 Å². The molecule has 1 aliphatic carbocycles. The molecule has 0 amide bonds. The summed E-state index contributed by atoms with van der Waals surface area (Å²) >= 11 is 0. The van der Waals surface area contributed by atoms with Crippen LogP contribution in [0.1, 0.15) is 30.9 Å². The minimum absolute atomic E-state index is 0.564. The Morgan fingerprint density at radius 1 is 1.57 bits per heavy atom. The molecule has 1 N–H and O–H groups in total. The summed E-state index contributed by atoms with van der Waals surface area (Å²) in [5.74, 6) is 0.664. The summed E-state index contributed by atoms with van der Waals surface area (Å²) in [6.07, 6.45) is 6.24. The molecule has 1 spiro atoms. The van der Waals surface area contributed by atoms with E-state index >= 15 is 0 Å². The van der Waals surface area contributed by atoms with Crippen LogP contribution in [0.2, 0.25) is 0 Å². The zero-order valence-electron chi connectivity index (χ0n) is 8.66. The molecule has 1 aromatic heterocycles. The quantitative estimate of drug-likeness (QED) is 0.724. The van der Waals surface area contributed by atoms with Gasteiger partial charge in [-0.1, -0.05) is 6.42 Å². The van der Waals surface area contributed by atoms with Crippen molar-refractivity contribution in [1.29, 1.82) is 0 Å². The summed E-state index contributed by atoms with van der Waals surface area (Å²) < 4.78 is 1.92. The standard InChI is InChI=1S/C11H17N3/c1-14-6-3-10(13-14)9-7-12-8-11(9)4-2-5-11/h3,6,9,12H,2,4-5,7-8H2,1H3/t9-/m0/s1. The third kappa shape index (κ3) is 1.05. The minimum atomic E-state index is 0.564. The molecule has 0 aromatic carbocycles. The van der Waals surface area contributed by atoms with Crippen molar-refractivity contribution in [1.82, 2.24) is 15.1 Å². The fourth-order valence-corrected chi connectivity index (χ4v) is 3.00. The molecule has 0 bridgehead atoms. The first-order chi connectivity index (χ1) is 6.80. The fourth-order valence-electron chi connectivity index (χ4n) is 3.00. The first-order valence-electron chi connectivity index (χ1n) is 5.50. The second-order valence-corrected chi connectivity index (χ2v) is 4.81. The number of hydrogen-bond donors (Lipinski definition) is 1. The molecule has 1 aromatic rings. The molecular weight excluding hydrogens is 174 g/mol. The molecule has 0 unspecified atom stereocenters. The van der Waals surface area contributed by atoms with E-state index in [2.05, 4.69) is 22.7 Å². The fraction of sp³-hybridized carbons (Fsp3) is 0.727. The van der Waals surface area contributed by atoms with Crippen LogP contribution >= 0.6 is 0 Å². The third-order valence-corrected chi connectivity index (χ3v) is 4.01. The summed E-state index contributed by atoms with van der Waals surface area (Å²) in [5.41, 5.74) is 1.85. The van der Waals surface area contributed by atoms with E-state index in [4.69, 9.17) is 0 Å². The van der Waals surface area contributed by atoms with Gasteiger partial charge in [0.25, 0.3) is 0 Å². The predicted octanol–water partition coefficient (Wildman–Crippen LogP) is 1.28. The van der Waals surface area contributed by atoms with Gasteiger partial charge in [0.2, 0.25) is 0 Å². The van der Waals surface area contributed by atoms with Gasteiger partial charge >= 0.3 is 0 Å². The van der Waals surface area contributed by atoms with Crippen molar-refractivity contribution in [2.45, 2.75) is 25.2 Å². The number of rotatable bonds is 1. The van der Waals surface area contributed by atoms with E-state index in [1.54, 1.807) is 0 Å². The van der Waals surface area contributed by atoms with Crippen LogP contribution in [-0.4, -0.2) is 22.9 Å². The highest BCUT2D eigenvalue weighted by atomic mass is 15.3. The Bertz CT molecular complexity index is 338. The van der Waals surface area contributed by atoms with E-state index in [1.807, 2.05) is 11.7 Å². The van der Waals surface area contributed by atoms with E-state index in [1.165, 1.54) is 31.5 Å². The summed E-state index contributed by atoms with van der Waals surface area (Å²) in [4.78, 5) is 0. The summed E-state index contributed by atoms with van der Waals surface area (Å²) in [7, 11) is 2.00. The van der Waals surface area contributed by atoms with E-state index in [0.29, 0.717) is 11.3 Å². The predicted molar refractivity (Wildman–Crippen MR) is 55.1 cm³/mol. The number of nitrogens with one attached hydrogen (secondary N) is 1. The molecule has 2 heterocycles. The van der Waals surface area contributed by atoms with Crippen LogP contribution in [0.3, 0.4) is 0 Å². The second-order valence-electron chi connectivity index (χ2n) is 4.81. The second kappa shape index (κ2) is 2.83. The van der Waals surface area contributed by atoms with Crippen molar-refractivity contribution in [2.24, 2.45) is 12.5 Å². The van der Waals surface area contributed by atoms with Gasteiger partial charge in [-0.3, -0.25) is 4.68 Å². The molecule has 14 heavy (non-hydrogen) atoms. The van der Waals surface area contributed by atoms with Gasteiger partial charge in [0.15, 0.2) is 0 Å². The molecule has 1 saturated carbocycles. The lowest BCUT2D eigenvalue weighted by Crippen LogP contribution is -2.36. The SMILES string of the molecule is Cn1ccc([C@@H]2CNCC23CCC3)n1. The average molecular weight is 191 g/mol. The first-order valence-corrected chi connectivity index (χ1v) is 5.50. The lowest BCUT2D eigenvalue weighted by atomic mass is 9.62. The Labute approximate surface area is 84.5 Å². The van der Waals surface area contributed by atoms with Gasteiger partial charge in [-0.2, -0.15) is 5.10 Å². The van der Waals surface area contributed by atoms with E-state index in [-0.39, 0.29) is 0 Å².